The lowest BCUT2D eigenvalue weighted by molar-refractivity contribution is -0.137. The summed E-state index contributed by atoms with van der Waals surface area (Å²) in [6.45, 7) is 1.79. The van der Waals surface area contributed by atoms with Crippen LogP contribution < -0.4 is 10.2 Å². The van der Waals surface area contributed by atoms with Crippen molar-refractivity contribution in [2.45, 2.75) is 10.5 Å². The van der Waals surface area contributed by atoms with Crippen LogP contribution in [0.5, 0.6) is 0 Å². The molecule has 0 bridgehead atoms. The normalized spacial score (nSPS) is 14.4. The summed E-state index contributed by atoms with van der Waals surface area (Å²) < 4.78 is 52.5. The topological polar surface area (TPSA) is 61.4 Å². The quantitative estimate of drug-likeness (QED) is 0.387. The summed E-state index contributed by atoms with van der Waals surface area (Å²) in [6, 6.07) is 11.1. The summed E-state index contributed by atoms with van der Waals surface area (Å²) in [4.78, 5) is 16.1. The Morgan fingerprint density at radius 2 is 1.79 bits per heavy atom. The molecule has 0 aliphatic carbocycles. The van der Waals surface area contributed by atoms with Crippen molar-refractivity contribution in [3.8, 4) is 0 Å². The lowest BCUT2D eigenvalue weighted by atomic mass is 10.1. The highest BCUT2D eigenvalue weighted by Gasteiger charge is 2.31. The molecule has 0 atom stereocenters. The number of nitrogens with one attached hydrogen (secondary N) is 1. The zero-order valence-corrected chi connectivity index (χ0v) is 18.8. The van der Waals surface area contributed by atoms with E-state index < -0.39 is 11.7 Å². The van der Waals surface area contributed by atoms with Crippen LogP contribution >= 0.6 is 23.1 Å². The molecule has 0 saturated carbocycles. The Labute approximate surface area is 195 Å². The van der Waals surface area contributed by atoms with Gasteiger partial charge < -0.3 is 15.1 Å². The third kappa shape index (κ3) is 6.14. The number of carbonyl (C=O) groups excluding carboxylic acids is 1. The van der Waals surface area contributed by atoms with Gasteiger partial charge in [0.15, 0.2) is 4.34 Å². The van der Waals surface area contributed by atoms with E-state index in [0.717, 1.165) is 12.1 Å². The SMILES string of the molecule is O=C(CSc1nnc(Nc2ccc(F)cc2)s1)N1CCN(c2cccc(C(F)(F)F)c2)CC1. The lowest BCUT2D eigenvalue weighted by Crippen LogP contribution is -2.49. The van der Waals surface area contributed by atoms with Crippen molar-refractivity contribution in [3.05, 3.63) is 59.9 Å². The molecule has 1 saturated heterocycles. The van der Waals surface area contributed by atoms with Gasteiger partial charge in [-0.15, -0.1) is 10.2 Å². The zero-order chi connectivity index (χ0) is 23.4. The fourth-order valence-electron chi connectivity index (χ4n) is 3.28. The Bertz CT molecular complexity index is 1100. The minimum atomic E-state index is -4.38. The van der Waals surface area contributed by atoms with Crippen molar-refractivity contribution in [2.24, 2.45) is 0 Å². The number of amides is 1. The molecule has 3 aromatic rings. The number of carbonyl (C=O) groups is 1. The van der Waals surface area contributed by atoms with Crippen LogP contribution in [0.3, 0.4) is 0 Å². The van der Waals surface area contributed by atoms with E-state index in [-0.39, 0.29) is 17.5 Å². The second-order valence-electron chi connectivity index (χ2n) is 7.21. The van der Waals surface area contributed by atoms with E-state index in [0.29, 0.717) is 47.0 Å². The van der Waals surface area contributed by atoms with E-state index in [4.69, 9.17) is 0 Å². The van der Waals surface area contributed by atoms with Crippen LogP contribution in [0.2, 0.25) is 0 Å². The maximum absolute atomic E-state index is 13.0. The van der Waals surface area contributed by atoms with Gasteiger partial charge >= 0.3 is 6.18 Å². The first kappa shape index (κ1) is 23.3. The molecule has 2 heterocycles. The van der Waals surface area contributed by atoms with Gasteiger partial charge in [-0.05, 0) is 42.5 Å². The molecule has 0 unspecified atom stereocenters. The molecule has 1 N–H and O–H groups in total. The second-order valence-corrected chi connectivity index (χ2v) is 9.41. The highest BCUT2D eigenvalue weighted by Crippen LogP contribution is 2.32. The Balaban J connectivity index is 1.25. The predicted molar refractivity (Wildman–Crippen MR) is 121 cm³/mol. The van der Waals surface area contributed by atoms with Crippen LogP contribution in [0.25, 0.3) is 0 Å². The first-order valence-corrected chi connectivity index (χ1v) is 11.8. The number of aromatic nitrogens is 2. The highest BCUT2D eigenvalue weighted by atomic mass is 32.2. The number of piperazine rings is 1. The number of benzene rings is 2. The number of hydrogen-bond acceptors (Lipinski definition) is 7. The summed E-state index contributed by atoms with van der Waals surface area (Å²) in [5.41, 5.74) is 0.500. The number of alkyl halides is 3. The van der Waals surface area contributed by atoms with Gasteiger partial charge in [-0.1, -0.05) is 29.2 Å². The average Bonchev–Trinajstić information content (AvgIpc) is 3.26. The van der Waals surface area contributed by atoms with Gasteiger partial charge in [0.25, 0.3) is 0 Å². The van der Waals surface area contributed by atoms with Crippen molar-refractivity contribution in [1.82, 2.24) is 15.1 Å². The van der Waals surface area contributed by atoms with Gasteiger partial charge in [-0.3, -0.25) is 4.79 Å². The molecule has 2 aromatic carbocycles. The third-order valence-electron chi connectivity index (χ3n) is 4.99. The number of halogens is 4. The summed E-state index contributed by atoms with van der Waals surface area (Å²) in [5, 5.41) is 11.6. The molecule has 1 aromatic heterocycles. The van der Waals surface area contributed by atoms with Gasteiger partial charge in [0, 0.05) is 37.6 Å². The maximum Gasteiger partial charge on any atom is 0.416 e. The molecule has 1 aliphatic heterocycles. The van der Waals surface area contributed by atoms with E-state index in [1.807, 2.05) is 4.90 Å². The van der Waals surface area contributed by atoms with Crippen molar-refractivity contribution < 1.29 is 22.4 Å². The fraction of sp³-hybridized carbons (Fsp3) is 0.286. The van der Waals surface area contributed by atoms with Gasteiger partial charge in [-0.2, -0.15) is 13.2 Å². The molecule has 0 radical (unpaired) electrons. The Kier molecular flexibility index (Phi) is 7.03. The highest BCUT2D eigenvalue weighted by molar-refractivity contribution is 8.01. The van der Waals surface area contributed by atoms with Crippen LogP contribution in [-0.2, 0) is 11.0 Å². The minimum Gasteiger partial charge on any atom is -0.368 e. The molecule has 1 amide bonds. The molecule has 174 valence electrons. The Morgan fingerprint density at radius 3 is 2.48 bits per heavy atom. The lowest BCUT2D eigenvalue weighted by Gasteiger charge is -2.36. The van der Waals surface area contributed by atoms with Crippen molar-refractivity contribution in [2.75, 3.05) is 42.1 Å². The molecule has 12 heteroatoms. The zero-order valence-electron chi connectivity index (χ0n) is 17.2. The largest absolute Gasteiger partial charge is 0.416 e. The predicted octanol–water partition coefficient (Wildman–Crippen LogP) is 4.88. The van der Waals surface area contributed by atoms with Crippen molar-refractivity contribution in [1.29, 1.82) is 0 Å². The standard InChI is InChI=1S/C21H19F4N5OS2/c22-15-4-6-16(7-5-15)26-19-27-28-20(33-19)32-13-18(31)30-10-8-29(9-11-30)17-3-1-2-14(12-17)21(23,24)25/h1-7,12H,8-11,13H2,(H,26,27). The summed E-state index contributed by atoms with van der Waals surface area (Å²) in [5.74, 6) is -0.204. The van der Waals surface area contributed by atoms with Gasteiger partial charge in [0.05, 0.1) is 11.3 Å². The second kappa shape index (κ2) is 9.96. The van der Waals surface area contributed by atoms with Crippen LogP contribution in [-0.4, -0.2) is 52.9 Å². The summed E-state index contributed by atoms with van der Waals surface area (Å²) in [6.07, 6.45) is -4.38. The monoisotopic (exact) mass is 497 g/mol. The van der Waals surface area contributed by atoms with Crippen LogP contribution in [0.4, 0.5) is 34.1 Å². The molecular formula is C21H19F4N5OS2. The summed E-state index contributed by atoms with van der Waals surface area (Å²) in [7, 11) is 0. The van der Waals surface area contributed by atoms with Gasteiger partial charge in [0.2, 0.25) is 11.0 Å². The van der Waals surface area contributed by atoms with E-state index in [1.165, 1.54) is 41.3 Å². The first-order valence-electron chi connectivity index (χ1n) is 9.97. The first-order chi connectivity index (χ1) is 15.8. The number of thioether (sulfide) groups is 1. The number of nitrogens with zero attached hydrogens (tertiary/aromatic N) is 4. The third-order valence-corrected chi connectivity index (χ3v) is 6.95. The molecule has 1 fully saturated rings. The maximum atomic E-state index is 13.0. The van der Waals surface area contributed by atoms with Crippen LogP contribution in [0.1, 0.15) is 5.56 Å². The number of anilines is 3. The number of hydrogen-bond donors (Lipinski definition) is 1. The van der Waals surface area contributed by atoms with Crippen LogP contribution in [0.15, 0.2) is 52.9 Å². The van der Waals surface area contributed by atoms with Crippen molar-refractivity contribution in [3.63, 3.8) is 0 Å². The molecule has 0 spiro atoms. The van der Waals surface area contributed by atoms with Gasteiger partial charge in [-0.25, -0.2) is 4.39 Å². The van der Waals surface area contributed by atoms with E-state index in [2.05, 4.69) is 15.5 Å². The van der Waals surface area contributed by atoms with E-state index in [9.17, 15) is 22.4 Å². The van der Waals surface area contributed by atoms with Gasteiger partial charge in [0.1, 0.15) is 5.82 Å². The molecule has 1 aliphatic rings. The van der Waals surface area contributed by atoms with E-state index >= 15 is 0 Å². The van der Waals surface area contributed by atoms with Crippen molar-refractivity contribution >= 4 is 45.5 Å². The van der Waals surface area contributed by atoms with E-state index in [1.54, 1.807) is 23.1 Å². The van der Waals surface area contributed by atoms with Crippen LogP contribution in [0, 0.1) is 5.82 Å². The molecule has 4 rings (SSSR count). The molecule has 6 nitrogen and oxygen atoms in total. The number of rotatable bonds is 6. The fourth-order valence-corrected chi connectivity index (χ4v) is 4.96. The Hall–Kier alpha value is -2.86. The minimum absolute atomic E-state index is 0.0630. The molecule has 33 heavy (non-hydrogen) atoms. The Morgan fingerprint density at radius 1 is 1.06 bits per heavy atom. The summed E-state index contributed by atoms with van der Waals surface area (Å²) >= 11 is 2.56. The molecular weight excluding hydrogens is 478 g/mol. The smallest absolute Gasteiger partial charge is 0.368 e. The average molecular weight is 498 g/mol.